The molecule has 1 atom stereocenters. The van der Waals surface area contributed by atoms with Crippen LogP contribution < -0.4 is 0 Å². The third-order valence-corrected chi connectivity index (χ3v) is 4.26. The van der Waals surface area contributed by atoms with Gasteiger partial charge in [-0.05, 0) is 62.6 Å². The van der Waals surface area contributed by atoms with E-state index in [1.807, 2.05) is 35.2 Å². The standard InChI is InChI=1S/C17H18ClNO2/c1-12-4-2-3-11-19(12)17(20)16-10-9-15(21-16)13-5-7-14(18)8-6-13/h5-10,12H,2-4,11H2,1H3. The summed E-state index contributed by atoms with van der Waals surface area (Å²) in [4.78, 5) is 14.4. The minimum absolute atomic E-state index is 0.0117. The van der Waals surface area contributed by atoms with Gasteiger partial charge in [-0.25, -0.2) is 0 Å². The van der Waals surface area contributed by atoms with Crippen LogP contribution in [0.1, 0.15) is 36.7 Å². The van der Waals surface area contributed by atoms with Gasteiger partial charge in [0.05, 0.1) is 0 Å². The van der Waals surface area contributed by atoms with Crippen molar-refractivity contribution in [2.75, 3.05) is 6.54 Å². The molecule has 0 aliphatic carbocycles. The highest BCUT2D eigenvalue weighted by Crippen LogP contribution is 2.26. The van der Waals surface area contributed by atoms with Crippen LogP contribution in [0.5, 0.6) is 0 Å². The summed E-state index contributed by atoms with van der Waals surface area (Å²) >= 11 is 5.88. The molecule has 2 heterocycles. The van der Waals surface area contributed by atoms with Gasteiger partial charge in [0, 0.05) is 23.2 Å². The number of halogens is 1. The van der Waals surface area contributed by atoms with Crippen LogP contribution >= 0.6 is 11.6 Å². The van der Waals surface area contributed by atoms with E-state index in [0.29, 0.717) is 16.5 Å². The van der Waals surface area contributed by atoms with Gasteiger partial charge in [0.15, 0.2) is 5.76 Å². The van der Waals surface area contributed by atoms with Crippen LogP contribution in [-0.4, -0.2) is 23.4 Å². The van der Waals surface area contributed by atoms with Gasteiger partial charge < -0.3 is 9.32 Å². The molecule has 3 nitrogen and oxygen atoms in total. The molecule has 1 saturated heterocycles. The lowest BCUT2D eigenvalue weighted by atomic mass is 10.0. The predicted octanol–water partition coefficient (Wildman–Crippen LogP) is 4.61. The van der Waals surface area contributed by atoms with Crippen molar-refractivity contribution in [3.05, 3.63) is 47.2 Å². The highest BCUT2D eigenvalue weighted by Gasteiger charge is 2.26. The van der Waals surface area contributed by atoms with Crippen molar-refractivity contribution in [1.29, 1.82) is 0 Å². The van der Waals surface area contributed by atoms with E-state index in [0.717, 1.165) is 24.9 Å². The minimum atomic E-state index is -0.0117. The van der Waals surface area contributed by atoms with Crippen molar-refractivity contribution < 1.29 is 9.21 Å². The van der Waals surface area contributed by atoms with E-state index < -0.39 is 0 Å². The summed E-state index contributed by atoms with van der Waals surface area (Å²) in [6.07, 6.45) is 3.33. The van der Waals surface area contributed by atoms with Gasteiger partial charge >= 0.3 is 0 Å². The van der Waals surface area contributed by atoms with Crippen LogP contribution in [0.25, 0.3) is 11.3 Å². The van der Waals surface area contributed by atoms with E-state index in [2.05, 4.69) is 6.92 Å². The molecule has 4 heteroatoms. The Morgan fingerprint density at radius 3 is 2.67 bits per heavy atom. The number of likely N-dealkylation sites (tertiary alicyclic amines) is 1. The average Bonchev–Trinajstić information content (AvgIpc) is 2.98. The van der Waals surface area contributed by atoms with E-state index in [-0.39, 0.29) is 11.9 Å². The van der Waals surface area contributed by atoms with Gasteiger partial charge in [-0.3, -0.25) is 4.79 Å². The first-order valence-corrected chi connectivity index (χ1v) is 7.70. The van der Waals surface area contributed by atoms with E-state index in [1.165, 1.54) is 6.42 Å². The van der Waals surface area contributed by atoms with Crippen LogP contribution in [0.4, 0.5) is 0 Å². The molecule has 0 spiro atoms. The predicted molar refractivity (Wildman–Crippen MR) is 83.5 cm³/mol. The van der Waals surface area contributed by atoms with Gasteiger partial charge in [0.2, 0.25) is 0 Å². The van der Waals surface area contributed by atoms with E-state index >= 15 is 0 Å². The summed E-state index contributed by atoms with van der Waals surface area (Å²) in [5.74, 6) is 1.09. The molecular weight excluding hydrogens is 286 g/mol. The Kier molecular flexibility index (Phi) is 4.02. The number of rotatable bonds is 2. The normalized spacial score (nSPS) is 18.8. The van der Waals surface area contributed by atoms with E-state index in [1.54, 1.807) is 6.07 Å². The fourth-order valence-electron chi connectivity index (χ4n) is 2.76. The largest absolute Gasteiger partial charge is 0.451 e. The maximum absolute atomic E-state index is 12.5. The smallest absolute Gasteiger partial charge is 0.289 e. The number of amides is 1. The number of piperidine rings is 1. The lowest BCUT2D eigenvalue weighted by Crippen LogP contribution is -2.41. The zero-order chi connectivity index (χ0) is 14.8. The van der Waals surface area contributed by atoms with Gasteiger partial charge in [-0.1, -0.05) is 11.6 Å². The lowest BCUT2D eigenvalue weighted by Gasteiger charge is -2.32. The molecule has 1 aliphatic heterocycles. The van der Waals surface area contributed by atoms with Gasteiger partial charge in [0.25, 0.3) is 5.91 Å². The molecule has 3 rings (SSSR count). The van der Waals surface area contributed by atoms with E-state index in [9.17, 15) is 4.79 Å². The van der Waals surface area contributed by atoms with Crippen molar-refractivity contribution in [2.24, 2.45) is 0 Å². The Bertz CT molecular complexity index is 632. The molecule has 110 valence electrons. The molecule has 1 amide bonds. The first-order valence-electron chi connectivity index (χ1n) is 7.32. The van der Waals surface area contributed by atoms with Crippen LogP contribution in [0, 0.1) is 0 Å². The Labute approximate surface area is 129 Å². The summed E-state index contributed by atoms with van der Waals surface area (Å²) in [5.41, 5.74) is 0.921. The molecule has 1 aromatic carbocycles. The van der Waals surface area contributed by atoms with Crippen molar-refractivity contribution in [1.82, 2.24) is 4.90 Å². The lowest BCUT2D eigenvalue weighted by molar-refractivity contribution is 0.0604. The molecule has 21 heavy (non-hydrogen) atoms. The Morgan fingerprint density at radius 2 is 1.95 bits per heavy atom. The molecule has 2 aromatic rings. The number of carbonyl (C=O) groups excluding carboxylic acids is 1. The van der Waals surface area contributed by atoms with Crippen LogP contribution in [0.3, 0.4) is 0 Å². The second kappa shape index (κ2) is 5.94. The quantitative estimate of drug-likeness (QED) is 0.811. The summed E-state index contributed by atoms with van der Waals surface area (Å²) in [6, 6.07) is 11.3. The number of hydrogen-bond donors (Lipinski definition) is 0. The summed E-state index contributed by atoms with van der Waals surface area (Å²) in [7, 11) is 0. The zero-order valence-electron chi connectivity index (χ0n) is 12.0. The average molecular weight is 304 g/mol. The summed E-state index contributed by atoms with van der Waals surface area (Å²) < 4.78 is 5.74. The maximum atomic E-state index is 12.5. The zero-order valence-corrected chi connectivity index (χ0v) is 12.8. The van der Waals surface area contributed by atoms with Crippen LogP contribution in [0.2, 0.25) is 5.02 Å². The Morgan fingerprint density at radius 1 is 1.19 bits per heavy atom. The molecule has 0 N–H and O–H groups in total. The second-order valence-corrected chi connectivity index (χ2v) is 5.95. The number of carbonyl (C=O) groups is 1. The van der Waals surface area contributed by atoms with Gasteiger partial charge in [0.1, 0.15) is 5.76 Å². The number of benzene rings is 1. The summed E-state index contributed by atoms with van der Waals surface area (Å²) in [5, 5.41) is 0.684. The Balaban J connectivity index is 1.81. The minimum Gasteiger partial charge on any atom is -0.451 e. The topological polar surface area (TPSA) is 33.5 Å². The first-order chi connectivity index (χ1) is 10.1. The first kappa shape index (κ1) is 14.2. The third kappa shape index (κ3) is 2.98. The second-order valence-electron chi connectivity index (χ2n) is 5.51. The van der Waals surface area contributed by atoms with E-state index in [4.69, 9.17) is 16.0 Å². The molecule has 1 aromatic heterocycles. The molecule has 0 bridgehead atoms. The fourth-order valence-corrected chi connectivity index (χ4v) is 2.89. The fraction of sp³-hybridized carbons (Fsp3) is 0.353. The van der Waals surface area contributed by atoms with Crippen molar-refractivity contribution in [3.63, 3.8) is 0 Å². The van der Waals surface area contributed by atoms with Crippen molar-refractivity contribution in [2.45, 2.75) is 32.2 Å². The number of furan rings is 1. The third-order valence-electron chi connectivity index (χ3n) is 4.01. The highest BCUT2D eigenvalue weighted by molar-refractivity contribution is 6.30. The Hall–Kier alpha value is -1.74. The number of hydrogen-bond acceptors (Lipinski definition) is 2. The van der Waals surface area contributed by atoms with Crippen LogP contribution in [0.15, 0.2) is 40.8 Å². The van der Waals surface area contributed by atoms with Crippen molar-refractivity contribution in [3.8, 4) is 11.3 Å². The molecular formula is C17H18ClNO2. The SMILES string of the molecule is CC1CCCCN1C(=O)c1ccc(-c2ccc(Cl)cc2)o1. The molecule has 0 radical (unpaired) electrons. The van der Waals surface area contributed by atoms with Gasteiger partial charge in [-0.15, -0.1) is 0 Å². The molecule has 0 saturated carbocycles. The molecule has 1 unspecified atom stereocenters. The maximum Gasteiger partial charge on any atom is 0.289 e. The highest BCUT2D eigenvalue weighted by atomic mass is 35.5. The van der Waals surface area contributed by atoms with Gasteiger partial charge in [-0.2, -0.15) is 0 Å². The van der Waals surface area contributed by atoms with Crippen molar-refractivity contribution >= 4 is 17.5 Å². The number of nitrogens with zero attached hydrogens (tertiary/aromatic N) is 1. The van der Waals surface area contributed by atoms with Crippen LogP contribution in [-0.2, 0) is 0 Å². The summed E-state index contributed by atoms with van der Waals surface area (Å²) in [6.45, 7) is 2.91. The molecule has 1 aliphatic rings. The monoisotopic (exact) mass is 303 g/mol. The molecule has 1 fully saturated rings.